The maximum Gasteiger partial charge on any atom is 0.0743 e. The van der Waals surface area contributed by atoms with E-state index in [2.05, 4.69) is 44.5 Å². The SMILES string of the molecule is CCCONc1c(CC)cccc1CC. The summed E-state index contributed by atoms with van der Waals surface area (Å²) in [5.41, 5.74) is 6.90. The Kier molecular flexibility index (Phi) is 5.19. The van der Waals surface area contributed by atoms with Crippen LogP contribution in [0.3, 0.4) is 0 Å². The van der Waals surface area contributed by atoms with E-state index in [1.54, 1.807) is 0 Å². The quantitative estimate of drug-likeness (QED) is 0.569. The van der Waals surface area contributed by atoms with Crippen LogP contribution in [0, 0.1) is 0 Å². The number of aryl methyl sites for hydroxylation is 2. The Hall–Kier alpha value is -1.02. The van der Waals surface area contributed by atoms with Crippen LogP contribution < -0.4 is 5.48 Å². The van der Waals surface area contributed by atoms with Crippen LogP contribution in [0.15, 0.2) is 18.2 Å². The number of anilines is 1. The summed E-state index contributed by atoms with van der Waals surface area (Å²) in [4.78, 5) is 5.40. The fourth-order valence-electron chi connectivity index (χ4n) is 1.60. The molecule has 0 saturated carbocycles. The maximum absolute atomic E-state index is 5.40. The third-order valence-electron chi connectivity index (χ3n) is 2.48. The molecule has 0 unspecified atom stereocenters. The smallest absolute Gasteiger partial charge is 0.0743 e. The molecule has 0 aliphatic rings. The first-order valence-electron chi connectivity index (χ1n) is 5.82. The van der Waals surface area contributed by atoms with Crippen LogP contribution >= 0.6 is 0 Å². The minimum Gasteiger partial charge on any atom is -0.276 e. The van der Waals surface area contributed by atoms with Crippen LogP contribution in [-0.4, -0.2) is 6.61 Å². The van der Waals surface area contributed by atoms with E-state index in [4.69, 9.17) is 4.84 Å². The average Bonchev–Trinajstić information content (AvgIpc) is 2.29. The van der Waals surface area contributed by atoms with Gasteiger partial charge in [0.25, 0.3) is 0 Å². The molecule has 0 aliphatic carbocycles. The second-order valence-electron chi connectivity index (χ2n) is 3.61. The first-order valence-corrected chi connectivity index (χ1v) is 5.82. The van der Waals surface area contributed by atoms with Gasteiger partial charge in [0, 0.05) is 0 Å². The molecular formula is C13H21NO. The van der Waals surface area contributed by atoms with E-state index in [1.807, 2.05) is 0 Å². The van der Waals surface area contributed by atoms with E-state index in [9.17, 15) is 0 Å². The van der Waals surface area contributed by atoms with Crippen LogP contribution in [-0.2, 0) is 17.7 Å². The van der Waals surface area contributed by atoms with Gasteiger partial charge in [-0.1, -0.05) is 39.0 Å². The Bertz CT molecular complexity index is 274. The van der Waals surface area contributed by atoms with Crippen molar-refractivity contribution in [2.75, 3.05) is 12.1 Å². The molecular weight excluding hydrogens is 186 g/mol. The minimum absolute atomic E-state index is 0.751. The van der Waals surface area contributed by atoms with Gasteiger partial charge in [0.15, 0.2) is 0 Å². The number of hydrogen-bond acceptors (Lipinski definition) is 2. The molecule has 15 heavy (non-hydrogen) atoms. The van der Waals surface area contributed by atoms with Gasteiger partial charge in [-0.15, -0.1) is 0 Å². The molecule has 0 aromatic heterocycles. The van der Waals surface area contributed by atoms with Crippen molar-refractivity contribution in [3.8, 4) is 0 Å². The highest BCUT2D eigenvalue weighted by molar-refractivity contribution is 5.56. The molecule has 0 amide bonds. The molecule has 84 valence electrons. The summed E-state index contributed by atoms with van der Waals surface area (Å²) in [5, 5.41) is 0. The zero-order chi connectivity index (χ0) is 11.1. The fourth-order valence-corrected chi connectivity index (χ4v) is 1.60. The first kappa shape index (κ1) is 12.1. The second-order valence-corrected chi connectivity index (χ2v) is 3.61. The van der Waals surface area contributed by atoms with E-state index in [1.165, 1.54) is 11.1 Å². The lowest BCUT2D eigenvalue weighted by Gasteiger charge is -2.14. The van der Waals surface area contributed by atoms with E-state index >= 15 is 0 Å². The molecule has 1 aromatic rings. The number of benzene rings is 1. The second kappa shape index (κ2) is 6.46. The van der Waals surface area contributed by atoms with Gasteiger partial charge in [-0.3, -0.25) is 10.3 Å². The number of para-hydroxylation sites is 1. The monoisotopic (exact) mass is 207 g/mol. The van der Waals surface area contributed by atoms with Crippen molar-refractivity contribution in [3.63, 3.8) is 0 Å². The summed E-state index contributed by atoms with van der Waals surface area (Å²) in [6.07, 6.45) is 3.10. The Morgan fingerprint density at radius 2 is 1.67 bits per heavy atom. The van der Waals surface area contributed by atoms with Gasteiger partial charge < -0.3 is 0 Å². The molecule has 2 heteroatoms. The lowest BCUT2D eigenvalue weighted by atomic mass is 10.0. The molecule has 0 radical (unpaired) electrons. The van der Waals surface area contributed by atoms with Gasteiger partial charge in [-0.05, 0) is 30.4 Å². The summed E-state index contributed by atoms with van der Waals surface area (Å²) in [6.45, 7) is 7.19. The van der Waals surface area contributed by atoms with E-state index in [0.717, 1.165) is 31.6 Å². The van der Waals surface area contributed by atoms with Crippen LogP contribution in [0.25, 0.3) is 0 Å². The fraction of sp³-hybridized carbons (Fsp3) is 0.538. The zero-order valence-electron chi connectivity index (χ0n) is 9.97. The summed E-state index contributed by atoms with van der Waals surface area (Å²) in [7, 11) is 0. The highest BCUT2D eigenvalue weighted by Crippen LogP contribution is 2.22. The van der Waals surface area contributed by atoms with Gasteiger partial charge in [-0.25, -0.2) is 0 Å². The lowest BCUT2D eigenvalue weighted by Crippen LogP contribution is -2.06. The van der Waals surface area contributed by atoms with Crippen molar-refractivity contribution < 1.29 is 4.84 Å². The Morgan fingerprint density at radius 3 is 2.13 bits per heavy atom. The predicted octanol–water partition coefficient (Wildman–Crippen LogP) is 3.56. The standard InChI is InChI=1S/C13H21NO/c1-4-10-15-14-13-11(5-2)8-7-9-12(13)6-3/h7-9,14H,4-6,10H2,1-3H3. The maximum atomic E-state index is 5.40. The van der Waals surface area contributed by atoms with Crippen LogP contribution in [0.2, 0.25) is 0 Å². The van der Waals surface area contributed by atoms with Gasteiger partial charge in [0.2, 0.25) is 0 Å². The van der Waals surface area contributed by atoms with Crippen molar-refractivity contribution in [2.45, 2.75) is 40.0 Å². The Labute approximate surface area is 92.6 Å². The Morgan fingerprint density at radius 1 is 1.07 bits per heavy atom. The first-order chi connectivity index (χ1) is 7.33. The van der Waals surface area contributed by atoms with Crippen molar-refractivity contribution >= 4 is 5.69 Å². The predicted molar refractivity (Wildman–Crippen MR) is 65.1 cm³/mol. The van der Waals surface area contributed by atoms with E-state index in [0.29, 0.717) is 0 Å². The largest absolute Gasteiger partial charge is 0.276 e. The van der Waals surface area contributed by atoms with Crippen LogP contribution in [0.4, 0.5) is 5.69 Å². The highest BCUT2D eigenvalue weighted by Gasteiger charge is 2.05. The normalized spacial score (nSPS) is 10.3. The van der Waals surface area contributed by atoms with Crippen LogP contribution in [0.1, 0.15) is 38.3 Å². The average molecular weight is 207 g/mol. The minimum atomic E-state index is 0.751. The highest BCUT2D eigenvalue weighted by atomic mass is 16.6. The lowest BCUT2D eigenvalue weighted by molar-refractivity contribution is 0.194. The molecule has 1 rings (SSSR count). The Balaban J connectivity index is 2.80. The van der Waals surface area contributed by atoms with Crippen molar-refractivity contribution in [3.05, 3.63) is 29.3 Å². The molecule has 0 bridgehead atoms. The zero-order valence-corrected chi connectivity index (χ0v) is 9.97. The number of hydrogen-bond donors (Lipinski definition) is 1. The molecule has 0 saturated heterocycles. The van der Waals surface area contributed by atoms with Crippen molar-refractivity contribution in [1.82, 2.24) is 0 Å². The summed E-state index contributed by atoms with van der Waals surface area (Å²) < 4.78 is 0. The third kappa shape index (κ3) is 3.24. The molecule has 0 aliphatic heterocycles. The molecule has 0 heterocycles. The molecule has 0 atom stereocenters. The summed E-state index contributed by atoms with van der Waals surface area (Å²) >= 11 is 0. The molecule has 1 aromatic carbocycles. The van der Waals surface area contributed by atoms with Crippen molar-refractivity contribution in [1.29, 1.82) is 0 Å². The topological polar surface area (TPSA) is 21.3 Å². The number of nitrogens with one attached hydrogen (secondary N) is 1. The van der Waals surface area contributed by atoms with Gasteiger partial charge >= 0.3 is 0 Å². The molecule has 2 nitrogen and oxygen atoms in total. The molecule has 0 fully saturated rings. The van der Waals surface area contributed by atoms with Crippen molar-refractivity contribution in [2.24, 2.45) is 0 Å². The molecule has 0 spiro atoms. The van der Waals surface area contributed by atoms with Crippen LogP contribution in [0.5, 0.6) is 0 Å². The third-order valence-corrected chi connectivity index (χ3v) is 2.48. The van der Waals surface area contributed by atoms with E-state index in [-0.39, 0.29) is 0 Å². The van der Waals surface area contributed by atoms with Gasteiger partial charge in [0.05, 0.1) is 12.3 Å². The van der Waals surface area contributed by atoms with Gasteiger partial charge in [-0.2, -0.15) is 0 Å². The van der Waals surface area contributed by atoms with E-state index < -0.39 is 0 Å². The molecule has 1 N–H and O–H groups in total. The number of rotatable bonds is 6. The summed E-state index contributed by atoms with van der Waals surface area (Å²) in [5.74, 6) is 0. The van der Waals surface area contributed by atoms with Gasteiger partial charge in [0.1, 0.15) is 0 Å². The summed E-state index contributed by atoms with van der Waals surface area (Å²) in [6, 6.07) is 6.41.